The number of hydrogen-bond acceptors (Lipinski definition) is 2. The number of carbonyl (C=O) groups excluding carboxylic acids is 1. The number of ether oxygens (including phenoxy) is 1. The molecular formula is C13H17BrO2. The fourth-order valence-electron chi connectivity index (χ4n) is 1.32. The van der Waals surface area contributed by atoms with Crippen molar-refractivity contribution >= 4 is 21.9 Å². The molecule has 1 rings (SSSR count). The predicted molar refractivity (Wildman–Crippen MR) is 68.5 cm³/mol. The Bertz CT molecular complexity index is 311. The molecule has 16 heavy (non-hydrogen) atoms. The van der Waals surface area contributed by atoms with Crippen molar-refractivity contribution in [2.45, 2.75) is 37.6 Å². The summed E-state index contributed by atoms with van der Waals surface area (Å²) in [5.74, 6) is -0.169. The molecule has 1 aromatic rings. The lowest BCUT2D eigenvalue weighted by Crippen LogP contribution is -2.17. The molecule has 0 saturated heterocycles. The van der Waals surface area contributed by atoms with Crippen LogP contribution in [-0.2, 0) is 16.1 Å². The van der Waals surface area contributed by atoms with E-state index in [1.54, 1.807) is 0 Å². The van der Waals surface area contributed by atoms with Gasteiger partial charge in [0.05, 0.1) is 0 Å². The van der Waals surface area contributed by atoms with Crippen LogP contribution in [0.3, 0.4) is 0 Å². The average molecular weight is 285 g/mol. The van der Waals surface area contributed by atoms with Crippen molar-refractivity contribution in [3.05, 3.63) is 35.9 Å². The molecule has 1 aromatic carbocycles. The molecule has 0 bridgehead atoms. The number of rotatable bonds is 6. The Balaban J connectivity index is 2.29. The minimum atomic E-state index is -0.170. The van der Waals surface area contributed by atoms with Gasteiger partial charge in [-0.15, -0.1) is 0 Å². The van der Waals surface area contributed by atoms with Crippen molar-refractivity contribution in [1.82, 2.24) is 0 Å². The summed E-state index contributed by atoms with van der Waals surface area (Å²) in [6.07, 6.45) is 2.97. The summed E-state index contributed by atoms with van der Waals surface area (Å²) in [5.41, 5.74) is 1.02. The lowest BCUT2D eigenvalue weighted by molar-refractivity contribution is -0.144. The Morgan fingerprint density at radius 2 is 2.06 bits per heavy atom. The molecule has 0 spiro atoms. The van der Waals surface area contributed by atoms with Gasteiger partial charge in [0.2, 0.25) is 0 Å². The van der Waals surface area contributed by atoms with E-state index >= 15 is 0 Å². The maximum Gasteiger partial charge on any atom is 0.320 e. The first-order valence-corrected chi connectivity index (χ1v) is 6.50. The Morgan fingerprint density at radius 3 is 2.69 bits per heavy atom. The van der Waals surface area contributed by atoms with Gasteiger partial charge in [-0.1, -0.05) is 66.0 Å². The number of hydrogen-bond donors (Lipinski definition) is 0. The fraction of sp³-hybridized carbons (Fsp3) is 0.462. The number of unbranched alkanes of at least 4 members (excludes halogenated alkanes) is 1. The summed E-state index contributed by atoms with van der Waals surface area (Å²) in [6.45, 7) is 2.46. The summed E-state index contributed by atoms with van der Waals surface area (Å²) in [6, 6.07) is 9.71. The van der Waals surface area contributed by atoms with E-state index in [0.717, 1.165) is 24.8 Å². The van der Waals surface area contributed by atoms with Crippen LogP contribution in [0.15, 0.2) is 30.3 Å². The Kier molecular flexibility index (Phi) is 6.16. The molecule has 0 aliphatic carbocycles. The topological polar surface area (TPSA) is 26.3 Å². The third kappa shape index (κ3) is 4.79. The van der Waals surface area contributed by atoms with E-state index < -0.39 is 0 Å². The maximum atomic E-state index is 11.6. The SMILES string of the molecule is CCCCC(Br)C(=O)OCc1ccccc1. The van der Waals surface area contributed by atoms with Crippen LogP contribution in [0.1, 0.15) is 31.7 Å². The van der Waals surface area contributed by atoms with Crippen LogP contribution in [0, 0.1) is 0 Å². The Labute approximate surface area is 105 Å². The van der Waals surface area contributed by atoms with Crippen LogP contribution >= 0.6 is 15.9 Å². The van der Waals surface area contributed by atoms with Crippen molar-refractivity contribution in [3.63, 3.8) is 0 Å². The van der Waals surface area contributed by atoms with Crippen LogP contribution in [0.4, 0.5) is 0 Å². The molecule has 0 radical (unpaired) electrons. The van der Waals surface area contributed by atoms with Gasteiger partial charge in [-0.3, -0.25) is 4.79 Å². The number of alkyl halides is 1. The molecule has 1 atom stereocenters. The molecule has 3 heteroatoms. The number of esters is 1. The van der Waals surface area contributed by atoms with Crippen molar-refractivity contribution in [2.24, 2.45) is 0 Å². The van der Waals surface area contributed by atoms with Gasteiger partial charge >= 0.3 is 5.97 Å². The molecule has 0 heterocycles. The summed E-state index contributed by atoms with van der Waals surface area (Å²) in [4.78, 5) is 11.4. The standard InChI is InChI=1S/C13H17BrO2/c1-2-3-9-12(14)13(15)16-10-11-7-5-4-6-8-11/h4-8,12H,2-3,9-10H2,1H3. The van der Waals surface area contributed by atoms with Crippen molar-refractivity contribution in [3.8, 4) is 0 Å². The van der Waals surface area contributed by atoms with Gasteiger partial charge in [-0.25, -0.2) is 0 Å². The highest BCUT2D eigenvalue weighted by Gasteiger charge is 2.15. The van der Waals surface area contributed by atoms with Crippen LogP contribution in [0.2, 0.25) is 0 Å². The van der Waals surface area contributed by atoms with Gasteiger partial charge in [0, 0.05) is 0 Å². The molecule has 0 fully saturated rings. The van der Waals surface area contributed by atoms with E-state index in [9.17, 15) is 4.79 Å². The van der Waals surface area contributed by atoms with E-state index in [0.29, 0.717) is 6.61 Å². The molecule has 0 amide bonds. The zero-order valence-electron chi connectivity index (χ0n) is 9.49. The van der Waals surface area contributed by atoms with Crippen molar-refractivity contribution in [1.29, 1.82) is 0 Å². The highest BCUT2D eigenvalue weighted by Crippen LogP contribution is 2.12. The molecular weight excluding hydrogens is 268 g/mol. The maximum absolute atomic E-state index is 11.6. The van der Waals surface area contributed by atoms with Gasteiger partial charge in [-0.2, -0.15) is 0 Å². The molecule has 1 unspecified atom stereocenters. The summed E-state index contributed by atoms with van der Waals surface area (Å²) < 4.78 is 5.20. The monoisotopic (exact) mass is 284 g/mol. The van der Waals surface area contributed by atoms with Gasteiger partial charge in [0.15, 0.2) is 0 Å². The fourth-order valence-corrected chi connectivity index (χ4v) is 1.78. The van der Waals surface area contributed by atoms with Crippen LogP contribution in [0.5, 0.6) is 0 Å². The summed E-state index contributed by atoms with van der Waals surface area (Å²) in [7, 11) is 0. The highest BCUT2D eigenvalue weighted by molar-refractivity contribution is 9.10. The van der Waals surface area contributed by atoms with Gasteiger partial charge in [-0.05, 0) is 12.0 Å². The van der Waals surface area contributed by atoms with E-state index in [1.807, 2.05) is 30.3 Å². The second-order valence-electron chi connectivity index (χ2n) is 3.70. The van der Waals surface area contributed by atoms with Crippen LogP contribution < -0.4 is 0 Å². The largest absolute Gasteiger partial charge is 0.460 e. The molecule has 88 valence electrons. The quantitative estimate of drug-likeness (QED) is 0.588. The van der Waals surface area contributed by atoms with Crippen LogP contribution in [0.25, 0.3) is 0 Å². The zero-order chi connectivity index (χ0) is 11.8. The van der Waals surface area contributed by atoms with Gasteiger partial charge < -0.3 is 4.74 Å². The molecule has 0 aliphatic rings. The second kappa shape index (κ2) is 7.44. The van der Waals surface area contributed by atoms with E-state index in [2.05, 4.69) is 22.9 Å². The second-order valence-corrected chi connectivity index (χ2v) is 4.81. The predicted octanol–water partition coefficient (Wildman–Crippen LogP) is 3.68. The van der Waals surface area contributed by atoms with Gasteiger partial charge in [0.1, 0.15) is 11.4 Å². The summed E-state index contributed by atoms with van der Waals surface area (Å²) in [5, 5.41) is 0. The number of carbonyl (C=O) groups is 1. The molecule has 0 saturated carbocycles. The average Bonchev–Trinajstić information content (AvgIpc) is 2.34. The molecule has 0 aromatic heterocycles. The third-order valence-corrected chi connectivity index (χ3v) is 3.12. The lowest BCUT2D eigenvalue weighted by Gasteiger charge is -2.09. The van der Waals surface area contributed by atoms with Crippen molar-refractivity contribution < 1.29 is 9.53 Å². The van der Waals surface area contributed by atoms with E-state index in [4.69, 9.17) is 4.74 Å². The number of halogens is 1. The zero-order valence-corrected chi connectivity index (χ0v) is 11.1. The van der Waals surface area contributed by atoms with E-state index in [-0.39, 0.29) is 10.8 Å². The minimum absolute atomic E-state index is 0.169. The smallest absolute Gasteiger partial charge is 0.320 e. The molecule has 0 N–H and O–H groups in total. The first kappa shape index (κ1) is 13.2. The summed E-state index contributed by atoms with van der Waals surface area (Å²) >= 11 is 3.34. The van der Waals surface area contributed by atoms with Crippen molar-refractivity contribution in [2.75, 3.05) is 0 Å². The van der Waals surface area contributed by atoms with Gasteiger partial charge in [0.25, 0.3) is 0 Å². The third-order valence-electron chi connectivity index (χ3n) is 2.29. The van der Waals surface area contributed by atoms with Crippen LogP contribution in [-0.4, -0.2) is 10.8 Å². The number of benzene rings is 1. The Hall–Kier alpha value is -0.830. The lowest BCUT2D eigenvalue weighted by atomic mass is 10.2. The first-order chi connectivity index (χ1) is 7.74. The first-order valence-electron chi connectivity index (χ1n) is 5.58. The molecule has 2 nitrogen and oxygen atoms in total. The normalized spacial score (nSPS) is 12.1. The molecule has 0 aliphatic heterocycles. The minimum Gasteiger partial charge on any atom is -0.460 e. The Morgan fingerprint density at radius 1 is 1.38 bits per heavy atom. The van der Waals surface area contributed by atoms with E-state index in [1.165, 1.54) is 0 Å². The highest BCUT2D eigenvalue weighted by atomic mass is 79.9.